The van der Waals surface area contributed by atoms with Crippen LogP contribution in [0.3, 0.4) is 0 Å². The number of Topliss-reactive ketones (excluding diaryl/α,β-unsaturated/α-hetero) is 1. The molecular weight excluding hydrogens is 234 g/mol. The van der Waals surface area contributed by atoms with Crippen molar-refractivity contribution in [1.29, 1.82) is 0 Å². The van der Waals surface area contributed by atoms with E-state index in [4.69, 9.17) is 11.6 Å². The summed E-state index contributed by atoms with van der Waals surface area (Å²) < 4.78 is 0. The predicted octanol–water partition coefficient (Wildman–Crippen LogP) is 3.60. The average molecular weight is 252 g/mol. The van der Waals surface area contributed by atoms with Crippen LogP contribution in [0.15, 0.2) is 18.2 Å². The van der Waals surface area contributed by atoms with Gasteiger partial charge in [-0.3, -0.25) is 4.79 Å². The van der Waals surface area contributed by atoms with Gasteiger partial charge in [0.25, 0.3) is 0 Å². The van der Waals surface area contributed by atoms with Gasteiger partial charge in [0, 0.05) is 22.7 Å². The zero-order valence-electron chi connectivity index (χ0n) is 10.6. The lowest BCUT2D eigenvalue weighted by Crippen LogP contribution is -2.51. The molecule has 0 aromatic heterocycles. The summed E-state index contributed by atoms with van der Waals surface area (Å²) in [6, 6.07) is 5.85. The Balaban J connectivity index is 2.42. The van der Waals surface area contributed by atoms with Gasteiger partial charge in [-0.25, -0.2) is 0 Å². The summed E-state index contributed by atoms with van der Waals surface area (Å²) in [7, 11) is 0. The molecule has 1 heterocycles. The number of nitrogens with zero attached hydrogens (tertiary/aromatic N) is 1. The Morgan fingerprint density at radius 3 is 2.76 bits per heavy atom. The van der Waals surface area contributed by atoms with Gasteiger partial charge in [-0.2, -0.15) is 0 Å². The summed E-state index contributed by atoms with van der Waals surface area (Å²) in [6.07, 6.45) is 1.58. The van der Waals surface area contributed by atoms with Gasteiger partial charge in [-0.15, -0.1) is 0 Å². The maximum absolute atomic E-state index is 11.7. The third-order valence-electron chi connectivity index (χ3n) is 3.54. The van der Waals surface area contributed by atoms with Gasteiger partial charge >= 0.3 is 0 Å². The van der Waals surface area contributed by atoms with Gasteiger partial charge in [0.05, 0.1) is 6.54 Å². The van der Waals surface area contributed by atoms with Gasteiger partial charge in [0.1, 0.15) is 0 Å². The van der Waals surface area contributed by atoms with Crippen molar-refractivity contribution < 1.29 is 4.79 Å². The third-order valence-corrected chi connectivity index (χ3v) is 3.78. The second-order valence-corrected chi connectivity index (χ2v) is 5.80. The fourth-order valence-electron chi connectivity index (χ4n) is 2.33. The van der Waals surface area contributed by atoms with Crippen LogP contribution in [0.4, 0.5) is 5.69 Å². The van der Waals surface area contributed by atoms with Crippen molar-refractivity contribution in [3.8, 4) is 0 Å². The Bertz CT molecular complexity index is 454. The number of carbonyl (C=O) groups excluding carboxylic acids is 1. The third kappa shape index (κ3) is 2.47. The highest BCUT2D eigenvalue weighted by molar-refractivity contribution is 6.30. The van der Waals surface area contributed by atoms with Crippen LogP contribution >= 0.6 is 11.6 Å². The number of benzene rings is 1. The number of carbonyl (C=O) groups is 1. The van der Waals surface area contributed by atoms with Gasteiger partial charge < -0.3 is 4.90 Å². The number of hydrogen-bond donors (Lipinski definition) is 0. The maximum Gasteiger partial charge on any atom is 0.152 e. The van der Waals surface area contributed by atoms with Crippen molar-refractivity contribution in [1.82, 2.24) is 0 Å². The topological polar surface area (TPSA) is 20.3 Å². The SMILES string of the molecule is Cc1ccc(Cl)cc1N1CC(=O)CCC1(C)C. The van der Waals surface area contributed by atoms with E-state index in [0.29, 0.717) is 18.7 Å². The molecule has 1 saturated heterocycles. The average Bonchev–Trinajstić information content (AvgIpc) is 2.26. The molecule has 2 nitrogen and oxygen atoms in total. The zero-order chi connectivity index (χ0) is 12.6. The molecule has 0 aliphatic carbocycles. The quantitative estimate of drug-likeness (QED) is 0.760. The minimum absolute atomic E-state index is 0.0172. The molecule has 0 radical (unpaired) electrons. The second kappa shape index (κ2) is 4.34. The number of anilines is 1. The van der Waals surface area contributed by atoms with Gasteiger partial charge in [0.2, 0.25) is 0 Å². The Kier molecular flexibility index (Phi) is 3.17. The minimum atomic E-state index is 0.0172. The minimum Gasteiger partial charge on any atom is -0.359 e. The Morgan fingerprint density at radius 2 is 2.06 bits per heavy atom. The molecule has 92 valence electrons. The van der Waals surface area contributed by atoms with Crippen molar-refractivity contribution in [3.05, 3.63) is 28.8 Å². The molecule has 2 rings (SSSR count). The smallest absolute Gasteiger partial charge is 0.152 e. The number of hydrogen-bond acceptors (Lipinski definition) is 2. The van der Waals surface area contributed by atoms with Crippen LogP contribution in [-0.2, 0) is 4.79 Å². The van der Waals surface area contributed by atoms with Gasteiger partial charge in [0.15, 0.2) is 5.78 Å². The van der Waals surface area contributed by atoms with Crippen LogP contribution in [0.1, 0.15) is 32.3 Å². The first-order valence-corrected chi connectivity index (χ1v) is 6.33. The number of halogens is 1. The molecular formula is C14H18ClNO. The largest absolute Gasteiger partial charge is 0.359 e. The summed E-state index contributed by atoms with van der Waals surface area (Å²) in [5.41, 5.74) is 2.26. The monoisotopic (exact) mass is 251 g/mol. The first kappa shape index (κ1) is 12.4. The number of ketones is 1. The van der Waals surface area contributed by atoms with Crippen LogP contribution in [-0.4, -0.2) is 17.9 Å². The molecule has 0 spiro atoms. The predicted molar refractivity (Wildman–Crippen MR) is 71.9 cm³/mol. The standard InChI is InChI=1S/C14H18ClNO/c1-10-4-5-11(15)8-13(10)16-9-12(17)6-7-14(16,2)3/h4-5,8H,6-7,9H2,1-3H3. The molecule has 1 fully saturated rings. The Morgan fingerprint density at radius 1 is 1.35 bits per heavy atom. The van der Waals surface area contributed by atoms with E-state index in [0.717, 1.165) is 22.7 Å². The molecule has 0 bridgehead atoms. The van der Waals surface area contributed by atoms with Crippen molar-refractivity contribution in [3.63, 3.8) is 0 Å². The second-order valence-electron chi connectivity index (χ2n) is 5.37. The zero-order valence-corrected chi connectivity index (χ0v) is 11.3. The molecule has 3 heteroatoms. The lowest BCUT2D eigenvalue weighted by molar-refractivity contribution is -0.119. The number of aryl methyl sites for hydroxylation is 1. The highest BCUT2D eigenvalue weighted by Crippen LogP contribution is 2.34. The van der Waals surface area contributed by atoms with Gasteiger partial charge in [-0.05, 0) is 44.9 Å². The normalized spacial score (nSPS) is 19.5. The van der Waals surface area contributed by atoms with Gasteiger partial charge in [-0.1, -0.05) is 17.7 Å². The highest BCUT2D eigenvalue weighted by atomic mass is 35.5. The maximum atomic E-state index is 11.7. The van der Waals surface area contributed by atoms with Crippen LogP contribution in [0, 0.1) is 6.92 Å². The van der Waals surface area contributed by atoms with Crippen LogP contribution < -0.4 is 4.90 Å². The van der Waals surface area contributed by atoms with E-state index in [1.807, 2.05) is 18.2 Å². The van der Waals surface area contributed by atoms with E-state index >= 15 is 0 Å². The van der Waals surface area contributed by atoms with Crippen LogP contribution in [0.25, 0.3) is 0 Å². The first-order valence-electron chi connectivity index (χ1n) is 5.96. The molecule has 0 amide bonds. The molecule has 1 aromatic carbocycles. The van der Waals surface area contributed by atoms with Crippen LogP contribution in [0.2, 0.25) is 5.02 Å². The summed E-state index contributed by atoms with van der Waals surface area (Å²) >= 11 is 6.05. The van der Waals surface area contributed by atoms with Crippen molar-refractivity contribution in [2.75, 3.05) is 11.4 Å². The van der Waals surface area contributed by atoms with Crippen molar-refractivity contribution >= 4 is 23.1 Å². The number of piperidine rings is 1. The molecule has 1 aliphatic rings. The lowest BCUT2D eigenvalue weighted by Gasteiger charge is -2.44. The van der Waals surface area contributed by atoms with E-state index in [9.17, 15) is 4.79 Å². The van der Waals surface area contributed by atoms with E-state index in [2.05, 4.69) is 25.7 Å². The van der Waals surface area contributed by atoms with Crippen molar-refractivity contribution in [2.24, 2.45) is 0 Å². The summed E-state index contributed by atoms with van der Waals surface area (Å²) in [5.74, 6) is 0.309. The Hall–Kier alpha value is -1.02. The molecule has 0 N–H and O–H groups in total. The lowest BCUT2D eigenvalue weighted by atomic mass is 9.88. The van der Waals surface area contributed by atoms with E-state index in [1.54, 1.807) is 0 Å². The van der Waals surface area contributed by atoms with E-state index in [-0.39, 0.29) is 5.54 Å². The fourth-order valence-corrected chi connectivity index (χ4v) is 2.50. The molecule has 0 saturated carbocycles. The van der Waals surface area contributed by atoms with Crippen molar-refractivity contribution in [2.45, 2.75) is 39.2 Å². The summed E-state index contributed by atoms with van der Waals surface area (Å²) in [6.45, 7) is 6.91. The summed E-state index contributed by atoms with van der Waals surface area (Å²) in [4.78, 5) is 13.8. The summed E-state index contributed by atoms with van der Waals surface area (Å²) in [5, 5.41) is 0.722. The molecule has 1 aromatic rings. The number of rotatable bonds is 1. The molecule has 0 atom stereocenters. The molecule has 1 aliphatic heterocycles. The fraction of sp³-hybridized carbons (Fsp3) is 0.500. The molecule has 17 heavy (non-hydrogen) atoms. The highest BCUT2D eigenvalue weighted by Gasteiger charge is 2.34. The van der Waals surface area contributed by atoms with E-state index in [1.165, 1.54) is 0 Å². The van der Waals surface area contributed by atoms with E-state index < -0.39 is 0 Å². The van der Waals surface area contributed by atoms with Crippen LogP contribution in [0.5, 0.6) is 0 Å². The first-order chi connectivity index (χ1) is 7.90. The Labute approximate surface area is 108 Å². The molecule has 0 unspecified atom stereocenters.